The number of rotatable bonds is 4. The first kappa shape index (κ1) is 13.9. The van der Waals surface area contributed by atoms with Gasteiger partial charge < -0.3 is 0 Å². The average molecular weight is 300 g/mol. The zero-order chi connectivity index (χ0) is 14.8. The van der Waals surface area contributed by atoms with E-state index in [0.29, 0.717) is 10.7 Å². The van der Waals surface area contributed by atoms with Crippen LogP contribution in [-0.2, 0) is 6.42 Å². The number of hydrogen-bond acceptors (Lipinski definition) is 4. The summed E-state index contributed by atoms with van der Waals surface area (Å²) in [6.45, 7) is 4.16. The zero-order valence-corrected chi connectivity index (χ0v) is 12.8. The highest BCUT2D eigenvalue weighted by Crippen LogP contribution is 2.21. The Morgan fingerprint density at radius 3 is 2.67 bits per heavy atom. The molecule has 5 nitrogen and oxygen atoms in total. The van der Waals surface area contributed by atoms with Crippen molar-refractivity contribution in [2.45, 2.75) is 25.4 Å². The van der Waals surface area contributed by atoms with Crippen molar-refractivity contribution in [3.05, 3.63) is 46.2 Å². The molecule has 108 valence electrons. The Morgan fingerprint density at radius 2 is 2.00 bits per heavy atom. The van der Waals surface area contributed by atoms with Crippen LogP contribution < -0.4 is 5.56 Å². The lowest BCUT2D eigenvalue weighted by molar-refractivity contribution is 0.728. The van der Waals surface area contributed by atoms with E-state index in [1.807, 2.05) is 19.1 Å². The molecule has 0 radical (unpaired) electrons. The van der Waals surface area contributed by atoms with Gasteiger partial charge in [-0.1, -0.05) is 49.9 Å². The number of nitrogens with one attached hydrogen (secondary N) is 1. The molecule has 0 aliphatic carbocycles. The highest BCUT2D eigenvalue weighted by atomic mass is 32.2. The molecule has 0 amide bonds. The Labute approximate surface area is 126 Å². The predicted octanol–water partition coefficient (Wildman–Crippen LogP) is 2.76. The van der Waals surface area contributed by atoms with Gasteiger partial charge in [-0.15, -0.1) is 5.10 Å². The normalized spacial score (nSPS) is 11.1. The number of hydrogen-bond donors (Lipinski definition) is 1. The number of benzene rings is 1. The SMILES string of the molecule is CCSc1n[nH]c(=O)c2cc(-c3ccc(CC)cc3)nn12. The van der Waals surface area contributed by atoms with Gasteiger partial charge in [0.1, 0.15) is 5.52 Å². The molecule has 0 aliphatic heterocycles. The Bertz CT molecular complexity index is 820. The first-order chi connectivity index (χ1) is 10.2. The Morgan fingerprint density at radius 1 is 1.24 bits per heavy atom. The van der Waals surface area contributed by atoms with E-state index in [2.05, 4.69) is 34.4 Å². The molecule has 0 unspecified atom stereocenters. The molecule has 0 spiro atoms. The van der Waals surface area contributed by atoms with Crippen molar-refractivity contribution < 1.29 is 0 Å². The monoisotopic (exact) mass is 300 g/mol. The molecule has 0 bridgehead atoms. The second-order valence-corrected chi connectivity index (χ2v) is 5.88. The first-order valence-electron chi connectivity index (χ1n) is 6.93. The minimum atomic E-state index is -0.223. The lowest BCUT2D eigenvalue weighted by Crippen LogP contribution is -2.13. The molecule has 21 heavy (non-hydrogen) atoms. The molecular formula is C15H16N4OS. The van der Waals surface area contributed by atoms with E-state index >= 15 is 0 Å². The van der Waals surface area contributed by atoms with Crippen LogP contribution in [0.3, 0.4) is 0 Å². The van der Waals surface area contributed by atoms with Crippen molar-refractivity contribution in [2.75, 3.05) is 5.75 Å². The molecule has 0 saturated heterocycles. The maximum absolute atomic E-state index is 11.9. The molecule has 1 N–H and O–H groups in total. The van der Waals surface area contributed by atoms with Crippen molar-refractivity contribution in [1.29, 1.82) is 0 Å². The molecule has 0 atom stereocenters. The molecule has 3 aromatic rings. The second kappa shape index (κ2) is 5.73. The summed E-state index contributed by atoms with van der Waals surface area (Å²) in [5.74, 6) is 0.870. The first-order valence-corrected chi connectivity index (χ1v) is 7.92. The van der Waals surface area contributed by atoms with E-state index in [0.717, 1.165) is 23.4 Å². The summed E-state index contributed by atoms with van der Waals surface area (Å²) in [5.41, 5.74) is 3.37. The van der Waals surface area contributed by atoms with Gasteiger partial charge in [-0.25, -0.2) is 9.61 Å². The maximum atomic E-state index is 11.9. The highest BCUT2D eigenvalue weighted by Gasteiger charge is 2.11. The molecule has 3 rings (SSSR count). The molecule has 6 heteroatoms. The number of aromatic nitrogens is 4. The van der Waals surface area contributed by atoms with Crippen LogP contribution >= 0.6 is 11.8 Å². The van der Waals surface area contributed by atoms with Crippen LogP contribution in [0, 0.1) is 0 Å². The van der Waals surface area contributed by atoms with E-state index in [1.165, 1.54) is 5.56 Å². The third kappa shape index (κ3) is 2.58. The van der Waals surface area contributed by atoms with Gasteiger partial charge in [0, 0.05) is 5.56 Å². The third-order valence-corrected chi connectivity index (χ3v) is 4.12. The Balaban J connectivity index is 2.13. The van der Waals surface area contributed by atoms with E-state index in [-0.39, 0.29) is 5.56 Å². The van der Waals surface area contributed by atoms with Crippen LogP contribution in [0.1, 0.15) is 19.4 Å². The smallest absolute Gasteiger partial charge is 0.266 e. The van der Waals surface area contributed by atoms with Gasteiger partial charge in [0.2, 0.25) is 5.16 Å². The molecule has 0 fully saturated rings. The van der Waals surface area contributed by atoms with E-state index in [1.54, 1.807) is 22.3 Å². The number of H-pyrrole nitrogens is 1. The summed E-state index contributed by atoms with van der Waals surface area (Å²) in [6.07, 6.45) is 1.01. The Hall–Kier alpha value is -2.08. The van der Waals surface area contributed by atoms with Gasteiger partial charge in [0.05, 0.1) is 5.69 Å². The van der Waals surface area contributed by atoms with E-state index in [9.17, 15) is 4.79 Å². The van der Waals surface area contributed by atoms with Gasteiger partial charge in [-0.05, 0) is 23.8 Å². The van der Waals surface area contributed by atoms with Gasteiger partial charge in [0.25, 0.3) is 5.56 Å². The van der Waals surface area contributed by atoms with Gasteiger partial charge >= 0.3 is 0 Å². The minimum absolute atomic E-state index is 0.223. The number of nitrogens with zero attached hydrogens (tertiary/aromatic N) is 3. The average Bonchev–Trinajstić information content (AvgIpc) is 2.97. The van der Waals surface area contributed by atoms with E-state index < -0.39 is 0 Å². The second-order valence-electron chi connectivity index (χ2n) is 4.65. The number of fused-ring (bicyclic) bond motifs is 1. The zero-order valence-electron chi connectivity index (χ0n) is 12.0. The summed E-state index contributed by atoms with van der Waals surface area (Å²) in [4.78, 5) is 11.9. The number of thioether (sulfide) groups is 1. The molecule has 0 aliphatic rings. The van der Waals surface area contributed by atoms with Gasteiger partial charge in [0.15, 0.2) is 0 Å². The summed E-state index contributed by atoms with van der Waals surface area (Å²) in [5, 5.41) is 11.8. The van der Waals surface area contributed by atoms with Crippen LogP contribution in [-0.4, -0.2) is 25.6 Å². The lowest BCUT2D eigenvalue weighted by atomic mass is 10.1. The fraction of sp³-hybridized carbons (Fsp3) is 0.267. The van der Waals surface area contributed by atoms with Crippen molar-refractivity contribution in [3.8, 4) is 11.3 Å². The van der Waals surface area contributed by atoms with Crippen LogP contribution in [0.25, 0.3) is 16.8 Å². The van der Waals surface area contributed by atoms with Gasteiger partial charge in [-0.2, -0.15) is 5.10 Å². The summed E-state index contributed by atoms with van der Waals surface area (Å²) in [6, 6.07) is 10.1. The number of aromatic amines is 1. The number of aryl methyl sites for hydroxylation is 1. The minimum Gasteiger partial charge on any atom is -0.266 e. The summed E-state index contributed by atoms with van der Waals surface area (Å²) < 4.78 is 1.62. The van der Waals surface area contributed by atoms with Gasteiger partial charge in [-0.3, -0.25) is 4.79 Å². The fourth-order valence-corrected chi connectivity index (χ4v) is 2.80. The molecule has 1 aromatic carbocycles. The topological polar surface area (TPSA) is 63.0 Å². The van der Waals surface area contributed by atoms with Crippen molar-refractivity contribution in [2.24, 2.45) is 0 Å². The summed E-state index contributed by atoms with van der Waals surface area (Å²) in [7, 11) is 0. The third-order valence-electron chi connectivity index (χ3n) is 3.31. The van der Waals surface area contributed by atoms with Crippen molar-refractivity contribution in [3.63, 3.8) is 0 Å². The lowest BCUT2D eigenvalue weighted by Gasteiger charge is -2.00. The fourth-order valence-electron chi connectivity index (χ4n) is 2.17. The van der Waals surface area contributed by atoms with Crippen molar-refractivity contribution >= 4 is 17.3 Å². The highest BCUT2D eigenvalue weighted by molar-refractivity contribution is 7.99. The standard InChI is InChI=1S/C15H16N4OS/c1-3-10-5-7-11(8-6-10)12-9-13-14(20)16-17-15(21-4-2)19(13)18-12/h5-9H,3-4H2,1-2H3,(H,16,20). The maximum Gasteiger partial charge on any atom is 0.290 e. The van der Waals surface area contributed by atoms with Crippen LogP contribution in [0.2, 0.25) is 0 Å². The van der Waals surface area contributed by atoms with Crippen LogP contribution in [0.4, 0.5) is 0 Å². The summed E-state index contributed by atoms with van der Waals surface area (Å²) >= 11 is 1.55. The van der Waals surface area contributed by atoms with E-state index in [4.69, 9.17) is 0 Å². The Kier molecular flexibility index (Phi) is 3.79. The van der Waals surface area contributed by atoms with Crippen molar-refractivity contribution in [1.82, 2.24) is 19.8 Å². The largest absolute Gasteiger partial charge is 0.290 e. The predicted molar refractivity (Wildman–Crippen MR) is 84.8 cm³/mol. The molecule has 2 aromatic heterocycles. The molecule has 2 heterocycles. The molecular weight excluding hydrogens is 284 g/mol. The quantitative estimate of drug-likeness (QED) is 0.753. The van der Waals surface area contributed by atoms with Crippen LogP contribution in [0.15, 0.2) is 40.3 Å². The molecule has 0 saturated carbocycles. The van der Waals surface area contributed by atoms with Crippen LogP contribution in [0.5, 0.6) is 0 Å².